The monoisotopic (exact) mass is 367 g/mol. The van der Waals surface area contributed by atoms with E-state index in [9.17, 15) is 13.2 Å². The fourth-order valence-corrected chi connectivity index (χ4v) is 2.69. The number of rotatable bonds is 5. The Morgan fingerprint density at radius 2 is 1.81 bits per heavy atom. The molecule has 26 heavy (non-hydrogen) atoms. The second-order valence-corrected chi connectivity index (χ2v) is 5.86. The van der Waals surface area contributed by atoms with E-state index in [0.29, 0.717) is 18.9 Å². The molecular weight excluding hydrogens is 347 g/mol. The Hall–Kier alpha value is -2.48. The van der Waals surface area contributed by atoms with E-state index in [2.05, 4.69) is 19.9 Å². The van der Waals surface area contributed by atoms with Crippen molar-refractivity contribution < 1.29 is 22.6 Å². The second-order valence-electron chi connectivity index (χ2n) is 5.86. The van der Waals surface area contributed by atoms with Crippen molar-refractivity contribution in [3.05, 3.63) is 42.1 Å². The van der Waals surface area contributed by atoms with Crippen LogP contribution < -0.4 is 15.0 Å². The highest BCUT2D eigenvalue weighted by Crippen LogP contribution is 2.27. The molecule has 0 spiro atoms. The average Bonchev–Trinajstić information content (AvgIpc) is 2.62. The lowest BCUT2D eigenvalue weighted by molar-refractivity contribution is -0.274. The van der Waals surface area contributed by atoms with E-state index in [0.717, 1.165) is 36.7 Å². The lowest BCUT2D eigenvalue weighted by Gasteiger charge is -2.28. The Labute approximate surface area is 149 Å². The van der Waals surface area contributed by atoms with Crippen LogP contribution in [0.1, 0.15) is 12.6 Å². The van der Waals surface area contributed by atoms with Crippen LogP contribution in [-0.2, 0) is 11.2 Å². The Kier molecular flexibility index (Phi) is 5.51. The number of nitrogens with one attached hydrogen (secondary N) is 1. The summed E-state index contributed by atoms with van der Waals surface area (Å²) in [6, 6.07) is 9.51. The Bertz CT molecular complexity index is 729. The minimum absolute atomic E-state index is 0.249. The molecule has 1 aliphatic rings. The van der Waals surface area contributed by atoms with Gasteiger partial charge in [0, 0.05) is 36.2 Å². The fourth-order valence-electron chi connectivity index (χ4n) is 2.69. The molecule has 0 bridgehead atoms. The molecule has 0 atom stereocenters. The number of nitrogens with zero attached hydrogens (tertiary/aromatic N) is 2. The van der Waals surface area contributed by atoms with Crippen LogP contribution in [0.15, 0.2) is 36.4 Å². The summed E-state index contributed by atoms with van der Waals surface area (Å²) < 4.78 is 46.0. The van der Waals surface area contributed by atoms with Crippen LogP contribution in [0.3, 0.4) is 0 Å². The van der Waals surface area contributed by atoms with Crippen LogP contribution in [0.4, 0.5) is 30.4 Å². The molecule has 2 aromatic rings. The topological polar surface area (TPSA) is 46.6 Å². The van der Waals surface area contributed by atoms with Crippen molar-refractivity contribution >= 4 is 17.2 Å². The van der Waals surface area contributed by atoms with Gasteiger partial charge in [-0.15, -0.1) is 13.2 Å². The predicted octanol–water partition coefficient (Wildman–Crippen LogP) is 4.12. The number of alkyl halides is 3. The zero-order valence-electron chi connectivity index (χ0n) is 14.3. The van der Waals surface area contributed by atoms with Crippen molar-refractivity contribution in [2.75, 3.05) is 36.5 Å². The molecule has 1 aromatic carbocycles. The van der Waals surface area contributed by atoms with E-state index in [1.165, 1.54) is 12.1 Å². The summed E-state index contributed by atoms with van der Waals surface area (Å²) in [4.78, 5) is 6.82. The molecule has 0 aliphatic carbocycles. The third-order valence-electron chi connectivity index (χ3n) is 3.94. The maximum atomic E-state index is 12.2. The van der Waals surface area contributed by atoms with Gasteiger partial charge in [-0.25, -0.2) is 4.98 Å². The summed E-state index contributed by atoms with van der Waals surface area (Å²) >= 11 is 0. The number of morpholine rings is 1. The molecule has 1 fully saturated rings. The van der Waals surface area contributed by atoms with Gasteiger partial charge in [-0.3, -0.25) is 0 Å². The standard InChI is InChI=1S/C18H20F3N3O2/c1-2-13-11-15(12-17(23-13)24-7-9-25-10-8-24)22-14-3-5-16(6-4-14)26-18(19,20)21/h3-6,11-12H,2,7-10H2,1H3,(H,22,23). The normalized spacial score (nSPS) is 15.0. The molecule has 0 amide bonds. The van der Waals surface area contributed by atoms with Gasteiger partial charge < -0.3 is 19.7 Å². The molecule has 1 N–H and O–H groups in total. The van der Waals surface area contributed by atoms with Gasteiger partial charge in [-0.2, -0.15) is 0 Å². The lowest BCUT2D eigenvalue weighted by Crippen LogP contribution is -2.36. The Morgan fingerprint density at radius 3 is 2.42 bits per heavy atom. The number of aryl methyl sites for hydroxylation is 1. The van der Waals surface area contributed by atoms with E-state index in [1.54, 1.807) is 12.1 Å². The summed E-state index contributed by atoms with van der Waals surface area (Å²) in [5, 5.41) is 3.21. The van der Waals surface area contributed by atoms with E-state index in [4.69, 9.17) is 4.74 Å². The molecule has 0 saturated carbocycles. The fraction of sp³-hybridized carbons (Fsp3) is 0.389. The molecule has 1 aromatic heterocycles. The molecule has 0 unspecified atom stereocenters. The highest BCUT2D eigenvalue weighted by Gasteiger charge is 2.30. The van der Waals surface area contributed by atoms with E-state index in [-0.39, 0.29) is 5.75 Å². The van der Waals surface area contributed by atoms with Crippen LogP contribution in [0.5, 0.6) is 5.75 Å². The number of halogens is 3. The smallest absolute Gasteiger partial charge is 0.406 e. The number of hydrogen-bond acceptors (Lipinski definition) is 5. The summed E-state index contributed by atoms with van der Waals surface area (Å²) in [5.74, 6) is 0.619. The molecule has 5 nitrogen and oxygen atoms in total. The molecular formula is C18H20F3N3O2. The van der Waals surface area contributed by atoms with Gasteiger partial charge in [0.05, 0.1) is 13.2 Å². The lowest BCUT2D eigenvalue weighted by atomic mass is 10.2. The van der Waals surface area contributed by atoms with Crippen molar-refractivity contribution in [3.63, 3.8) is 0 Å². The SMILES string of the molecule is CCc1cc(Nc2ccc(OC(F)(F)F)cc2)cc(N2CCOCC2)n1. The number of anilines is 3. The number of hydrogen-bond donors (Lipinski definition) is 1. The molecule has 3 rings (SSSR count). The van der Waals surface area contributed by atoms with Crippen LogP contribution in [0.25, 0.3) is 0 Å². The first-order valence-electron chi connectivity index (χ1n) is 8.39. The average molecular weight is 367 g/mol. The maximum Gasteiger partial charge on any atom is 0.573 e. The van der Waals surface area contributed by atoms with Crippen LogP contribution >= 0.6 is 0 Å². The highest BCUT2D eigenvalue weighted by atomic mass is 19.4. The first-order chi connectivity index (χ1) is 12.4. The highest BCUT2D eigenvalue weighted by molar-refractivity contribution is 5.64. The zero-order valence-corrected chi connectivity index (χ0v) is 14.3. The van der Waals surface area contributed by atoms with Gasteiger partial charge in [-0.05, 0) is 36.8 Å². The van der Waals surface area contributed by atoms with Gasteiger partial charge in [0.25, 0.3) is 0 Å². The van der Waals surface area contributed by atoms with Crippen molar-refractivity contribution in [1.29, 1.82) is 0 Å². The minimum Gasteiger partial charge on any atom is -0.406 e. The van der Waals surface area contributed by atoms with E-state index in [1.807, 2.05) is 19.1 Å². The van der Waals surface area contributed by atoms with Gasteiger partial charge in [-0.1, -0.05) is 6.92 Å². The Balaban J connectivity index is 1.76. The third kappa shape index (κ3) is 5.01. The molecule has 1 saturated heterocycles. The number of aromatic nitrogens is 1. The molecule has 0 radical (unpaired) electrons. The number of benzene rings is 1. The van der Waals surface area contributed by atoms with Gasteiger partial charge >= 0.3 is 6.36 Å². The first kappa shape index (κ1) is 18.3. The summed E-state index contributed by atoms with van der Waals surface area (Å²) in [6.07, 6.45) is -3.91. The van der Waals surface area contributed by atoms with Gasteiger partial charge in [0.1, 0.15) is 11.6 Å². The van der Waals surface area contributed by atoms with E-state index < -0.39 is 6.36 Å². The first-order valence-corrected chi connectivity index (χ1v) is 8.39. The van der Waals surface area contributed by atoms with Crippen LogP contribution in [0.2, 0.25) is 0 Å². The molecule has 8 heteroatoms. The van der Waals surface area contributed by atoms with Crippen molar-refractivity contribution in [3.8, 4) is 5.75 Å². The minimum atomic E-state index is -4.69. The van der Waals surface area contributed by atoms with Crippen LogP contribution in [0, 0.1) is 0 Å². The van der Waals surface area contributed by atoms with Crippen molar-refractivity contribution in [2.45, 2.75) is 19.7 Å². The molecule has 140 valence electrons. The van der Waals surface area contributed by atoms with Crippen molar-refractivity contribution in [2.24, 2.45) is 0 Å². The molecule has 2 heterocycles. The predicted molar refractivity (Wildman–Crippen MR) is 93.1 cm³/mol. The van der Waals surface area contributed by atoms with Crippen LogP contribution in [-0.4, -0.2) is 37.6 Å². The maximum absolute atomic E-state index is 12.2. The molecule has 1 aliphatic heterocycles. The summed E-state index contributed by atoms with van der Waals surface area (Å²) in [7, 11) is 0. The number of ether oxygens (including phenoxy) is 2. The largest absolute Gasteiger partial charge is 0.573 e. The number of pyridine rings is 1. The second kappa shape index (κ2) is 7.82. The zero-order chi connectivity index (χ0) is 18.6. The third-order valence-corrected chi connectivity index (χ3v) is 3.94. The quantitative estimate of drug-likeness (QED) is 0.861. The summed E-state index contributed by atoms with van der Waals surface area (Å²) in [6.45, 7) is 4.92. The van der Waals surface area contributed by atoms with Gasteiger partial charge in [0.2, 0.25) is 0 Å². The van der Waals surface area contributed by atoms with E-state index >= 15 is 0 Å². The Morgan fingerprint density at radius 1 is 1.12 bits per heavy atom. The van der Waals surface area contributed by atoms with Gasteiger partial charge in [0.15, 0.2) is 0 Å². The van der Waals surface area contributed by atoms with Crippen molar-refractivity contribution in [1.82, 2.24) is 4.98 Å². The summed E-state index contributed by atoms with van der Waals surface area (Å²) in [5.41, 5.74) is 2.44.